The van der Waals surface area contributed by atoms with Gasteiger partial charge in [0.1, 0.15) is 6.10 Å². The van der Waals surface area contributed by atoms with Crippen LogP contribution in [-0.2, 0) is 9.53 Å². The van der Waals surface area contributed by atoms with Crippen molar-refractivity contribution in [2.75, 3.05) is 19.6 Å². The van der Waals surface area contributed by atoms with Crippen LogP contribution in [0.5, 0.6) is 0 Å². The number of esters is 1. The first kappa shape index (κ1) is 17.5. The molecule has 3 aliphatic rings. The molecule has 1 amide bonds. The van der Waals surface area contributed by atoms with Gasteiger partial charge in [0.25, 0.3) is 0 Å². The van der Waals surface area contributed by atoms with Gasteiger partial charge in [-0.1, -0.05) is 18.2 Å². The quantitative estimate of drug-likeness (QED) is 0.846. The molecule has 1 aliphatic carbocycles. The Bertz CT molecular complexity index is 646. The molecule has 0 unspecified atom stereocenters. The SMILES string of the molecule is O=C(O[C@H]1CC[C@@H](N2CC[C@]3(CCCNC3)C2=O)CC1)c1ccccc1. The lowest BCUT2D eigenvalue weighted by atomic mass is 9.79. The number of amides is 1. The Morgan fingerprint density at radius 3 is 2.58 bits per heavy atom. The van der Waals surface area contributed by atoms with Crippen LogP contribution in [0.15, 0.2) is 30.3 Å². The maximum absolute atomic E-state index is 13.0. The predicted molar refractivity (Wildman–Crippen MR) is 98.8 cm³/mol. The smallest absolute Gasteiger partial charge is 0.338 e. The molecule has 26 heavy (non-hydrogen) atoms. The molecule has 5 nitrogen and oxygen atoms in total. The lowest BCUT2D eigenvalue weighted by Crippen LogP contribution is -2.48. The van der Waals surface area contributed by atoms with Gasteiger partial charge in [0.05, 0.1) is 11.0 Å². The van der Waals surface area contributed by atoms with Crippen LogP contribution in [0.4, 0.5) is 0 Å². The molecule has 5 heteroatoms. The number of nitrogens with one attached hydrogen (secondary N) is 1. The molecule has 1 saturated carbocycles. The summed E-state index contributed by atoms with van der Waals surface area (Å²) in [6.45, 7) is 2.76. The number of hydrogen-bond acceptors (Lipinski definition) is 4. The van der Waals surface area contributed by atoms with E-state index in [1.807, 2.05) is 18.2 Å². The van der Waals surface area contributed by atoms with Gasteiger partial charge in [-0.2, -0.15) is 0 Å². The van der Waals surface area contributed by atoms with Gasteiger partial charge in [-0.25, -0.2) is 4.79 Å². The number of benzene rings is 1. The molecule has 1 atom stereocenters. The number of nitrogens with zero attached hydrogens (tertiary/aromatic N) is 1. The number of piperidine rings is 1. The van der Waals surface area contributed by atoms with Crippen LogP contribution in [0.25, 0.3) is 0 Å². The average Bonchev–Trinajstić information content (AvgIpc) is 3.00. The Labute approximate surface area is 155 Å². The van der Waals surface area contributed by atoms with Gasteiger partial charge < -0.3 is 15.0 Å². The lowest BCUT2D eigenvalue weighted by Gasteiger charge is -2.37. The van der Waals surface area contributed by atoms with E-state index in [-0.39, 0.29) is 17.5 Å². The largest absolute Gasteiger partial charge is 0.459 e. The van der Waals surface area contributed by atoms with E-state index in [1.165, 1.54) is 0 Å². The molecular weight excluding hydrogens is 328 g/mol. The standard InChI is InChI=1S/C21H28N2O3/c24-19(16-5-2-1-3-6-16)26-18-9-7-17(8-10-18)23-14-12-21(20(23)25)11-4-13-22-15-21/h1-3,5-6,17-18,22H,4,7-15H2/t17-,18+,21-/m0/s1. The second-order valence-electron chi connectivity index (χ2n) is 8.01. The van der Waals surface area contributed by atoms with Crippen molar-refractivity contribution in [3.05, 3.63) is 35.9 Å². The molecule has 1 N–H and O–H groups in total. The van der Waals surface area contributed by atoms with Crippen molar-refractivity contribution < 1.29 is 14.3 Å². The predicted octanol–water partition coefficient (Wildman–Crippen LogP) is 2.76. The highest BCUT2D eigenvalue weighted by molar-refractivity contribution is 5.89. The van der Waals surface area contributed by atoms with E-state index in [4.69, 9.17) is 4.74 Å². The molecule has 1 aromatic carbocycles. The summed E-state index contributed by atoms with van der Waals surface area (Å²) < 4.78 is 5.67. The first-order valence-electron chi connectivity index (χ1n) is 9.96. The molecule has 1 spiro atoms. The third-order valence-corrected chi connectivity index (χ3v) is 6.39. The molecule has 2 heterocycles. The van der Waals surface area contributed by atoms with E-state index in [0.29, 0.717) is 17.5 Å². The van der Waals surface area contributed by atoms with Crippen molar-refractivity contribution in [1.82, 2.24) is 10.2 Å². The summed E-state index contributed by atoms with van der Waals surface area (Å²) in [4.78, 5) is 27.4. The van der Waals surface area contributed by atoms with Gasteiger partial charge in [-0.3, -0.25) is 4.79 Å². The summed E-state index contributed by atoms with van der Waals surface area (Å²) in [6, 6.07) is 9.48. The number of carbonyl (C=O) groups is 2. The number of likely N-dealkylation sites (tertiary alicyclic amines) is 1. The molecule has 0 aromatic heterocycles. The van der Waals surface area contributed by atoms with Gasteiger partial charge in [0, 0.05) is 19.1 Å². The Morgan fingerprint density at radius 1 is 1.12 bits per heavy atom. The van der Waals surface area contributed by atoms with Gasteiger partial charge >= 0.3 is 5.97 Å². The lowest BCUT2D eigenvalue weighted by molar-refractivity contribution is -0.139. The minimum absolute atomic E-state index is 0.0260. The first-order chi connectivity index (χ1) is 12.7. The molecule has 140 valence electrons. The minimum Gasteiger partial charge on any atom is -0.459 e. The fraction of sp³-hybridized carbons (Fsp3) is 0.619. The Morgan fingerprint density at radius 2 is 1.88 bits per heavy atom. The fourth-order valence-electron chi connectivity index (χ4n) is 4.83. The summed E-state index contributed by atoms with van der Waals surface area (Å²) in [5.74, 6) is 0.118. The fourth-order valence-corrected chi connectivity index (χ4v) is 4.83. The molecule has 0 bridgehead atoms. The maximum atomic E-state index is 13.0. The molecule has 3 fully saturated rings. The van der Waals surface area contributed by atoms with Gasteiger partial charge in [0.2, 0.25) is 5.91 Å². The van der Waals surface area contributed by atoms with Gasteiger partial charge in [0.15, 0.2) is 0 Å². The Kier molecular flexibility index (Phi) is 4.98. The third-order valence-electron chi connectivity index (χ3n) is 6.39. The number of rotatable bonds is 3. The van der Waals surface area contributed by atoms with Crippen molar-refractivity contribution in [3.63, 3.8) is 0 Å². The molecule has 4 rings (SSSR count). The highest BCUT2D eigenvalue weighted by Crippen LogP contribution is 2.40. The van der Waals surface area contributed by atoms with E-state index in [2.05, 4.69) is 10.2 Å². The zero-order valence-corrected chi connectivity index (χ0v) is 15.3. The average molecular weight is 356 g/mol. The van der Waals surface area contributed by atoms with Gasteiger partial charge in [-0.05, 0) is 63.6 Å². The summed E-state index contributed by atoms with van der Waals surface area (Å²) >= 11 is 0. The van der Waals surface area contributed by atoms with Crippen LogP contribution in [-0.4, -0.2) is 48.6 Å². The molecule has 2 aliphatic heterocycles. The molecular formula is C21H28N2O3. The van der Waals surface area contributed by atoms with Gasteiger partial charge in [-0.15, -0.1) is 0 Å². The van der Waals surface area contributed by atoms with Crippen LogP contribution in [0.3, 0.4) is 0 Å². The van der Waals surface area contributed by atoms with Crippen LogP contribution in [0.2, 0.25) is 0 Å². The van der Waals surface area contributed by atoms with Crippen LogP contribution >= 0.6 is 0 Å². The van der Waals surface area contributed by atoms with Crippen molar-refractivity contribution in [1.29, 1.82) is 0 Å². The Hall–Kier alpha value is -1.88. The first-order valence-corrected chi connectivity index (χ1v) is 9.96. The van der Waals surface area contributed by atoms with Crippen LogP contribution in [0, 0.1) is 5.41 Å². The zero-order valence-electron chi connectivity index (χ0n) is 15.3. The number of carbonyl (C=O) groups excluding carboxylic acids is 2. The van der Waals surface area contributed by atoms with E-state index < -0.39 is 0 Å². The molecule has 0 radical (unpaired) electrons. The second kappa shape index (κ2) is 7.39. The van der Waals surface area contributed by atoms with E-state index in [0.717, 1.165) is 64.6 Å². The van der Waals surface area contributed by atoms with Crippen LogP contribution in [0.1, 0.15) is 55.3 Å². The maximum Gasteiger partial charge on any atom is 0.338 e. The monoisotopic (exact) mass is 356 g/mol. The van der Waals surface area contributed by atoms with Crippen molar-refractivity contribution in [2.24, 2.45) is 5.41 Å². The van der Waals surface area contributed by atoms with Crippen molar-refractivity contribution >= 4 is 11.9 Å². The Balaban J connectivity index is 1.30. The number of hydrogen-bond donors (Lipinski definition) is 1. The highest BCUT2D eigenvalue weighted by Gasteiger charge is 2.49. The second-order valence-corrected chi connectivity index (χ2v) is 8.01. The number of ether oxygens (including phenoxy) is 1. The summed E-state index contributed by atoms with van der Waals surface area (Å²) in [6.07, 6.45) is 6.64. The topological polar surface area (TPSA) is 58.6 Å². The molecule has 2 saturated heterocycles. The highest BCUT2D eigenvalue weighted by atomic mass is 16.5. The summed E-state index contributed by atoms with van der Waals surface area (Å²) in [5, 5.41) is 3.41. The van der Waals surface area contributed by atoms with Crippen molar-refractivity contribution in [3.8, 4) is 0 Å². The van der Waals surface area contributed by atoms with E-state index in [9.17, 15) is 9.59 Å². The summed E-state index contributed by atoms with van der Waals surface area (Å²) in [7, 11) is 0. The zero-order chi connectivity index (χ0) is 18.0. The normalized spacial score (nSPS) is 32.0. The van der Waals surface area contributed by atoms with E-state index in [1.54, 1.807) is 12.1 Å². The van der Waals surface area contributed by atoms with Crippen molar-refractivity contribution in [2.45, 2.75) is 57.1 Å². The molecule has 1 aromatic rings. The van der Waals surface area contributed by atoms with Crippen LogP contribution < -0.4 is 5.32 Å². The minimum atomic E-state index is -0.237. The summed E-state index contributed by atoms with van der Waals surface area (Å²) in [5.41, 5.74) is 0.464. The third kappa shape index (κ3) is 3.37. The van der Waals surface area contributed by atoms with E-state index >= 15 is 0 Å².